The number of hydrogen-bond acceptors (Lipinski definition) is 19. The number of nitrogens with two attached hydrogens (primary N) is 8. The van der Waals surface area contributed by atoms with Gasteiger partial charge in [0, 0.05) is 26.2 Å². The molecule has 0 radical (unpaired) electrons. The summed E-state index contributed by atoms with van der Waals surface area (Å²) in [6.45, 7) is 13.2. The molecule has 0 rings (SSSR count). The first kappa shape index (κ1) is 87.1. The highest BCUT2D eigenvalue weighted by molar-refractivity contribution is 5.98. The molecule has 0 aromatic heterocycles. The number of allylic oxidation sites excluding steroid dienone is 1. The van der Waals surface area contributed by atoms with E-state index in [9.17, 15) is 67.7 Å². The van der Waals surface area contributed by atoms with Crippen LogP contribution in [0.5, 0.6) is 0 Å². The lowest BCUT2D eigenvalue weighted by molar-refractivity contribution is -0.142. The van der Waals surface area contributed by atoms with Crippen LogP contribution in [0.15, 0.2) is 27.3 Å². The molecule has 0 fully saturated rings. The largest absolute Gasteiger partial charge is 0.480 e. The first-order valence-electron chi connectivity index (χ1n) is 32.5. The van der Waals surface area contributed by atoms with Gasteiger partial charge in [0.05, 0.1) is 18.7 Å². The van der Waals surface area contributed by atoms with E-state index in [0.717, 1.165) is 0 Å². The number of hydrogen-bond donors (Lipinski definition) is 21. The van der Waals surface area contributed by atoms with Gasteiger partial charge in [-0.25, -0.2) is 0 Å². The van der Waals surface area contributed by atoms with Gasteiger partial charge >= 0.3 is 5.97 Å². The average Bonchev–Trinajstić information content (AvgIpc) is 0.952. The standard InChI is InChI=1S/C60H112N22O14/c1-33(2)29-43(54(92)78-40(18-9-11-22-61)52(90)81-44(30-34(3)4)53(91)74-36(7)57(95)96)75-46(85)32-73-49(87)39(20-14-26-71-59(65)66)76-50(88)41(19-10-12-23-69-24-16-28-83)77-51(89)42(21-15-27-72-60(67)68)79-56(94)47(37(8)84)82-55(93)45(31-35(5)6)80-48(86)38(62)17-13-25-70-58(63)64/h16,24,28,33-45,47,69,84H,9-15,17-23,25-27,29-32,61-62H2,1-8H3,(H,73,87)(H,74,91)(H,75,85)(H,76,88)(H,77,89)(H,78,92)(H,79,94)(H,80,86)(H,81,90)(H,82,93)(H,95,96)(H4,63,64,70)(H4,65,66,71)(H4,67,68,72)/b24-16+/t36-,37+,38-,39-,40-,41-,42-,43-,44-,45-,47-/m0/s1. The van der Waals surface area contributed by atoms with Gasteiger partial charge in [-0.05, 0) is 147 Å². The van der Waals surface area contributed by atoms with Gasteiger partial charge in [-0.3, -0.25) is 72.5 Å². The second-order valence-electron chi connectivity index (χ2n) is 24.6. The molecule has 0 aliphatic carbocycles. The van der Waals surface area contributed by atoms with Gasteiger partial charge in [0.1, 0.15) is 60.7 Å². The van der Waals surface area contributed by atoms with Crippen LogP contribution in [0.3, 0.4) is 0 Å². The predicted octanol–water partition coefficient (Wildman–Crippen LogP) is -5.82. The smallest absolute Gasteiger partial charge is 0.325 e. The third-order valence-corrected chi connectivity index (χ3v) is 14.3. The molecule has 0 aliphatic heterocycles. The van der Waals surface area contributed by atoms with Gasteiger partial charge in [0.2, 0.25) is 59.1 Å². The Morgan fingerprint density at radius 3 is 1.22 bits per heavy atom. The number of aliphatic hydroxyl groups is 1. The van der Waals surface area contributed by atoms with Crippen molar-refractivity contribution in [1.29, 1.82) is 0 Å². The molecule has 36 nitrogen and oxygen atoms in total. The summed E-state index contributed by atoms with van der Waals surface area (Å²) in [4.78, 5) is 174. The summed E-state index contributed by atoms with van der Waals surface area (Å²) < 4.78 is 0. The Bertz CT molecular complexity index is 2590. The number of carbonyl (C=O) groups is 12. The van der Waals surface area contributed by atoms with E-state index in [1.807, 2.05) is 0 Å². The van der Waals surface area contributed by atoms with Crippen molar-refractivity contribution < 1.29 is 67.7 Å². The number of guanidine groups is 3. The summed E-state index contributed by atoms with van der Waals surface area (Å²) in [7, 11) is 0. The lowest BCUT2D eigenvalue weighted by Gasteiger charge is -2.28. The second-order valence-corrected chi connectivity index (χ2v) is 24.6. The maximum Gasteiger partial charge on any atom is 0.325 e. The van der Waals surface area contributed by atoms with E-state index < -0.39 is 138 Å². The van der Waals surface area contributed by atoms with E-state index in [1.54, 1.807) is 41.5 Å². The molecule has 0 saturated heterocycles. The van der Waals surface area contributed by atoms with E-state index in [1.165, 1.54) is 26.1 Å². The number of nitrogens with one attached hydrogen (secondary N) is 11. The third-order valence-electron chi connectivity index (χ3n) is 14.3. The summed E-state index contributed by atoms with van der Waals surface area (Å²) in [6, 6.07) is -13.4. The maximum absolute atomic E-state index is 14.6. The van der Waals surface area contributed by atoms with Gasteiger partial charge in [0.15, 0.2) is 17.9 Å². The summed E-state index contributed by atoms with van der Waals surface area (Å²) in [5.74, 6) is -10.9. The molecule has 546 valence electrons. The van der Waals surface area contributed by atoms with Gasteiger partial charge in [-0.2, -0.15) is 0 Å². The number of nitrogens with zero attached hydrogens (tertiary/aromatic N) is 3. The van der Waals surface area contributed by atoms with Gasteiger partial charge < -0.3 is 115 Å². The zero-order chi connectivity index (χ0) is 73.0. The van der Waals surface area contributed by atoms with Crippen LogP contribution in [0.25, 0.3) is 0 Å². The molecule has 29 N–H and O–H groups in total. The van der Waals surface area contributed by atoms with Crippen LogP contribution in [-0.4, -0.2) is 205 Å². The molecule has 10 amide bonds. The van der Waals surface area contributed by atoms with Crippen LogP contribution < -0.4 is 104 Å². The highest BCUT2D eigenvalue weighted by atomic mass is 16.4. The number of carboxylic acids is 1. The average molecular weight is 1370 g/mol. The van der Waals surface area contributed by atoms with Crippen LogP contribution in [0.1, 0.15) is 152 Å². The van der Waals surface area contributed by atoms with Crippen molar-refractivity contribution >= 4 is 89.2 Å². The zero-order valence-electron chi connectivity index (χ0n) is 56.9. The molecule has 0 aromatic rings. The number of aliphatic hydroxyl groups excluding tert-OH is 1. The van der Waals surface area contributed by atoms with E-state index in [4.69, 9.17) is 45.9 Å². The molecule has 0 spiro atoms. The quantitative estimate of drug-likeness (QED) is 0.00887. The summed E-state index contributed by atoms with van der Waals surface area (Å²) >= 11 is 0. The number of rotatable bonds is 51. The van der Waals surface area contributed by atoms with E-state index in [-0.39, 0.29) is 132 Å². The number of amides is 10. The molecule has 0 aromatic carbocycles. The van der Waals surface area contributed by atoms with Crippen LogP contribution in [0.4, 0.5) is 0 Å². The summed E-state index contributed by atoms with van der Waals surface area (Å²) in [5.41, 5.74) is 44.8. The van der Waals surface area contributed by atoms with Gasteiger partial charge in [0.25, 0.3) is 0 Å². The van der Waals surface area contributed by atoms with Crippen LogP contribution in [0.2, 0.25) is 0 Å². The Hall–Kier alpha value is -8.93. The molecule has 0 unspecified atom stereocenters. The molecule has 0 bridgehead atoms. The third kappa shape index (κ3) is 39.7. The number of unbranched alkanes of at least 4 members (excludes halogenated alkanes) is 2. The minimum Gasteiger partial charge on any atom is -0.480 e. The van der Waals surface area contributed by atoms with Crippen molar-refractivity contribution in [3.63, 3.8) is 0 Å². The van der Waals surface area contributed by atoms with Crippen LogP contribution in [0, 0.1) is 17.8 Å². The lowest BCUT2D eigenvalue weighted by Crippen LogP contribution is -2.61. The van der Waals surface area contributed by atoms with Crippen molar-refractivity contribution in [2.24, 2.45) is 78.6 Å². The molecule has 0 saturated carbocycles. The van der Waals surface area contributed by atoms with E-state index in [2.05, 4.69) is 73.5 Å². The van der Waals surface area contributed by atoms with Crippen molar-refractivity contribution in [1.82, 2.24) is 58.5 Å². The van der Waals surface area contributed by atoms with Crippen molar-refractivity contribution in [3.8, 4) is 0 Å². The minimum absolute atomic E-state index is 0.0139. The first-order chi connectivity index (χ1) is 45.1. The topological polar surface area (TPSA) is 623 Å². The fourth-order valence-corrected chi connectivity index (χ4v) is 9.30. The summed E-state index contributed by atoms with van der Waals surface area (Å²) in [5, 5.41) is 49.0. The number of aliphatic carboxylic acids is 1. The monoisotopic (exact) mass is 1360 g/mol. The Kier molecular flexibility index (Phi) is 44.2. The summed E-state index contributed by atoms with van der Waals surface area (Å²) in [6.07, 6.45) is 3.65. The Morgan fingerprint density at radius 1 is 0.438 bits per heavy atom. The van der Waals surface area contributed by atoms with Crippen LogP contribution >= 0.6 is 0 Å². The first-order valence-corrected chi connectivity index (χ1v) is 32.5. The fourth-order valence-electron chi connectivity index (χ4n) is 9.30. The Morgan fingerprint density at radius 2 is 0.802 bits per heavy atom. The fraction of sp³-hybridized carbons (Fsp3) is 0.717. The molecule has 11 atom stereocenters. The highest BCUT2D eigenvalue weighted by Gasteiger charge is 2.36. The zero-order valence-corrected chi connectivity index (χ0v) is 56.9. The Labute approximate surface area is 562 Å². The lowest BCUT2D eigenvalue weighted by atomic mass is 10.00. The minimum atomic E-state index is -1.72. The number of aldehydes is 1. The van der Waals surface area contributed by atoms with Gasteiger partial charge in [-0.1, -0.05) is 41.5 Å². The molecule has 96 heavy (non-hydrogen) atoms. The number of carbonyl (C=O) groups excluding carboxylic acids is 11. The van der Waals surface area contributed by atoms with E-state index >= 15 is 0 Å². The number of carboxylic acid groups (broad SMARTS) is 1. The predicted molar refractivity (Wildman–Crippen MR) is 361 cm³/mol. The number of aliphatic imine (C=N–C) groups is 3. The molecule has 0 heterocycles. The van der Waals surface area contributed by atoms with Crippen LogP contribution in [-0.2, 0) is 57.5 Å². The van der Waals surface area contributed by atoms with Crippen molar-refractivity contribution in [2.45, 2.75) is 218 Å². The normalized spacial score (nSPS) is 14.6. The maximum atomic E-state index is 14.6. The highest BCUT2D eigenvalue weighted by Crippen LogP contribution is 2.13. The van der Waals surface area contributed by atoms with E-state index in [0.29, 0.717) is 38.5 Å². The van der Waals surface area contributed by atoms with Crippen molar-refractivity contribution in [2.75, 3.05) is 39.3 Å². The molecule has 36 heteroatoms. The Balaban J connectivity index is 7.11. The molecular formula is C60H112N22O14. The van der Waals surface area contributed by atoms with Crippen molar-refractivity contribution in [3.05, 3.63) is 12.3 Å². The molecular weight excluding hydrogens is 1250 g/mol. The molecule has 0 aliphatic rings. The van der Waals surface area contributed by atoms with Gasteiger partial charge in [-0.15, -0.1) is 0 Å². The second kappa shape index (κ2) is 48.7. The SMILES string of the molecule is CC(C)C[C@H](NC(=O)CNC(=O)[C@H](CCCN=C(N)N)NC(=O)[C@H](CCCCN/C=C/C=O)NC(=O)[C@H](CCCN=C(N)N)NC(=O)[C@@H](NC(=O)[C@H](CC(C)C)NC(=O)[C@@H](N)CCCN=C(N)N)[C@@H](C)O)C(=O)N[C@@H](CCCCN)C(=O)N[C@@H](CC(C)C)C(=O)N[C@@H](C)C(=O)O.